The van der Waals surface area contributed by atoms with Gasteiger partial charge in [0.15, 0.2) is 0 Å². The molecule has 20 heavy (non-hydrogen) atoms. The topological polar surface area (TPSA) is 51.2 Å². The van der Waals surface area contributed by atoms with Crippen molar-refractivity contribution in [3.63, 3.8) is 0 Å². The predicted molar refractivity (Wildman–Crippen MR) is 83.8 cm³/mol. The zero-order valence-electron chi connectivity index (χ0n) is 11.4. The number of hydrogen-bond donors (Lipinski definition) is 1. The molecule has 4 nitrogen and oxygen atoms in total. The number of pyridine rings is 1. The Balaban J connectivity index is 2.08. The molecule has 0 unspecified atom stereocenters. The number of anilines is 1. The van der Waals surface area contributed by atoms with Gasteiger partial charge in [-0.3, -0.25) is 9.78 Å². The molecule has 1 aromatic carbocycles. The average Bonchev–Trinajstić information content (AvgIpc) is 2.44. The number of carbonyl (C=O) groups excluding carboxylic acids is 1. The summed E-state index contributed by atoms with van der Waals surface area (Å²) in [5.41, 5.74) is 0.813. The third-order valence-electron chi connectivity index (χ3n) is 3.01. The molecule has 1 N–H and O–H groups in total. The molecule has 0 aliphatic carbocycles. The number of nitrogens with one attached hydrogen (secondary N) is 1. The van der Waals surface area contributed by atoms with Crippen molar-refractivity contribution in [2.45, 2.75) is 19.3 Å². The van der Waals surface area contributed by atoms with Crippen molar-refractivity contribution in [2.24, 2.45) is 0 Å². The van der Waals surface area contributed by atoms with Crippen molar-refractivity contribution >= 4 is 38.3 Å². The summed E-state index contributed by atoms with van der Waals surface area (Å²) in [4.78, 5) is 16.1. The first-order valence-corrected chi connectivity index (χ1v) is 7.32. The van der Waals surface area contributed by atoms with Crippen LogP contribution in [0.3, 0.4) is 0 Å². The fourth-order valence-corrected chi connectivity index (χ4v) is 2.60. The maximum Gasteiger partial charge on any atom is 0.224 e. The minimum absolute atomic E-state index is 0.0253. The number of unbranched alkanes of at least 4 members (excludes halogenated alkanes) is 1. The van der Waals surface area contributed by atoms with E-state index in [4.69, 9.17) is 4.74 Å². The van der Waals surface area contributed by atoms with Gasteiger partial charge in [0.05, 0.1) is 0 Å². The van der Waals surface area contributed by atoms with Crippen LogP contribution in [0.15, 0.2) is 35.1 Å². The molecule has 0 radical (unpaired) electrons. The second-order valence-corrected chi connectivity index (χ2v) is 5.38. The van der Waals surface area contributed by atoms with Crippen molar-refractivity contribution in [1.29, 1.82) is 0 Å². The highest BCUT2D eigenvalue weighted by atomic mass is 79.9. The van der Waals surface area contributed by atoms with Crippen molar-refractivity contribution in [1.82, 2.24) is 4.98 Å². The van der Waals surface area contributed by atoms with Crippen LogP contribution in [-0.4, -0.2) is 24.6 Å². The maximum atomic E-state index is 11.9. The van der Waals surface area contributed by atoms with Gasteiger partial charge in [-0.1, -0.05) is 12.1 Å². The Hall–Kier alpha value is -1.46. The number of ether oxygens (including phenoxy) is 1. The molecule has 0 saturated carbocycles. The summed E-state index contributed by atoms with van der Waals surface area (Å²) in [6, 6.07) is 5.79. The molecule has 5 heteroatoms. The predicted octanol–water partition coefficient (Wildman–Crippen LogP) is 3.75. The van der Waals surface area contributed by atoms with E-state index in [0.717, 1.165) is 33.8 Å². The zero-order chi connectivity index (χ0) is 14.4. The molecule has 0 aliphatic rings. The van der Waals surface area contributed by atoms with Crippen LogP contribution in [0.2, 0.25) is 0 Å². The molecule has 1 amide bonds. The van der Waals surface area contributed by atoms with Gasteiger partial charge in [0.25, 0.3) is 0 Å². The molecule has 0 atom stereocenters. The van der Waals surface area contributed by atoms with E-state index < -0.39 is 0 Å². The third kappa shape index (κ3) is 3.77. The number of rotatable bonds is 6. The monoisotopic (exact) mass is 336 g/mol. The molecule has 106 valence electrons. The summed E-state index contributed by atoms with van der Waals surface area (Å²) >= 11 is 3.48. The Labute approximate surface area is 126 Å². The second-order valence-electron chi connectivity index (χ2n) is 4.52. The van der Waals surface area contributed by atoms with E-state index in [1.54, 1.807) is 19.5 Å². The standard InChI is InChI=1S/C15H17BrN2O2/c1-20-8-3-2-7-14(19)18-13-6-4-5-11-9-17-10-12(16)15(11)13/h4-6,9-10H,2-3,7-8H2,1H3,(H,18,19). The van der Waals surface area contributed by atoms with E-state index in [2.05, 4.69) is 26.2 Å². The molecule has 0 spiro atoms. The molecule has 1 heterocycles. The number of amides is 1. The van der Waals surface area contributed by atoms with E-state index >= 15 is 0 Å². The molecule has 0 bridgehead atoms. The highest BCUT2D eigenvalue weighted by Crippen LogP contribution is 2.29. The smallest absolute Gasteiger partial charge is 0.224 e. The van der Waals surface area contributed by atoms with Crippen LogP contribution < -0.4 is 5.32 Å². The summed E-state index contributed by atoms with van der Waals surface area (Å²) in [6.45, 7) is 0.693. The number of nitrogens with zero attached hydrogens (tertiary/aromatic N) is 1. The Morgan fingerprint density at radius 1 is 1.35 bits per heavy atom. The van der Waals surface area contributed by atoms with Crippen LogP contribution >= 0.6 is 15.9 Å². The van der Waals surface area contributed by atoms with Crippen molar-refractivity contribution < 1.29 is 9.53 Å². The molecule has 0 fully saturated rings. The first kappa shape index (κ1) is 14.9. The normalized spacial score (nSPS) is 10.7. The molecule has 0 aliphatic heterocycles. The van der Waals surface area contributed by atoms with Crippen molar-refractivity contribution in [3.05, 3.63) is 35.1 Å². The van der Waals surface area contributed by atoms with Gasteiger partial charge in [0.2, 0.25) is 5.91 Å². The summed E-state index contributed by atoms with van der Waals surface area (Å²) in [7, 11) is 1.67. The Bertz CT molecular complexity index is 596. The van der Waals surface area contributed by atoms with Crippen LogP contribution in [-0.2, 0) is 9.53 Å². The molecule has 2 aromatic rings. The minimum atomic E-state index is 0.0253. The van der Waals surface area contributed by atoms with Crippen LogP contribution in [0.25, 0.3) is 10.8 Å². The van der Waals surface area contributed by atoms with E-state index in [1.807, 2.05) is 18.2 Å². The number of methoxy groups -OCH3 is 1. The zero-order valence-corrected chi connectivity index (χ0v) is 12.9. The lowest BCUT2D eigenvalue weighted by Gasteiger charge is -2.09. The van der Waals surface area contributed by atoms with Crippen LogP contribution in [0, 0.1) is 0 Å². The Kier molecular flexibility index (Phi) is 5.49. The average molecular weight is 337 g/mol. The lowest BCUT2D eigenvalue weighted by atomic mass is 10.1. The third-order valence-corrected chi connectivity index (χ3v) is 3.61. The SMILES string of the molecule is COCCCCC(=O)Nc1cccc2cncc(Br)c12. The van der Waals surface area contributed by atoms with Gasteiger partial charge in [0, 0.05) is 53.5 Å². The van der Waals surface area contributed by atoms with Gasteiger partial charge in [0.1, 0.15) is 0 Å². The number of fused-ring (bicyclic) bond motifs is 1. The molecule has 1 aromatic heterocycles. The fourth-order valence-electron chi connectivity index (χ4n) is 2.04. The van der Waals surface area contributed by atoms with E-state index in [-0.39, 0.29) is 5.91 Å². The fraction of sp³-hybridized carbons (Fsp3) is 0.333. The lowest BCUT2D eigenvalue weighted by molar-refractivity contribution is -0.116. The number of hydrogen-bond acceptors (Lipinski definition) is 3. The van der Waals surface area contributed by atoms with Crippen LogP contribution in [0.1, 0.15) is 19.3 Å². The number of carbonyl (C=O) groups is 1. The lowest BCUT2D eigenvalue weighted by Crippen LogP contribution is -2.11. The van der Waals surface area contributed by atoms with E-state index in [1.165, 1.54) is 0 Å². The quantitative estimate of drug-likeness (QED) is 0.817. The molecular weight excluding hydrogens is 320 g/mol. The summed E-state index contributed by atoms with van der Waals surface area (Å²) in [5, 5.41) is 4.94. The van der Waals surface area contributed by atoms with Crippen molar-refractivity contribution in [3.8, 4) is 0 Å². The first-order chi connectivity index (χ1) is 9.72. The Morgan fingerprint density at radius 2 is 2.20 bits per heavy atom. The largest absolute Gasteiger partial charge is 0.385 e. The number of aromatic nitrogens is 1. The van der Waals surface area contributed by atoms with Gasteiger partial charge < -0.3 is 10.1 Å². The second kappa shape index (κ2) is 7.36. The van der Waals surface area contributed by atoms with Crippen LogP contribution in [0.5, 0.6) is 0 Å². The number of halogens is 1. The highest BCUT2D eigenvalue weighted by Gasteiger charge is 2.08. The van der Waals surface area contributed by atoms with Crippen molar-refractivity contribution in [2.75, 3.05) is 19.0 Å². The molecule has 0 saturated heterocycles. The van der Waals surface area contributed by atoms with E-state index in [9.17, 15) is 4.79 Å². The van der Waals surface area contributed by atoms with Crippen LogP contribution in [0.4, 0.5) is 5.69 Å². The van der Waals surface area contributed by atoms with Gasteiger partial charge in [-0.2, -0.15) is 0 Å². The van der Waals surface area contributed by atoms with E-state index in [0.29, 0.717) is 13.0 Å². The number of benzene rings is 1. The summed E-state index contributed by atoms with van der Waals surface area (Å²) in [6.07, 6.45) is 5.74. The van der Waals surface area contributed by atoms with Gasteiger partial charge in [-0.25, -0.2) is 0 Å². The van der Waals surface area contributed by atoms with Gasteiger partial charge in [-0.05, 0) is 34.8 Å². The molecular formula is C15H17BrN2O2. The van der Waals surface area contributed by atoms with Gasteiger partial charge in [-0.15, -0.1) is 0 Å². The summed E-state index contributed by atoms with van der Waals surface area (Å²) < 4.78 is 5.85. The summed E-state index contributed by atoms with van der Waals surface area (Å²) in [5.74, 6) is 0.0253. The molecule has 2 rings (SSSR count). The van der Waals surface area contributed by atoms with Gasteiger partial charge >= 0.3 is 0 Å². The first-order valence-electron chi connectivity index (χ1n) is 6.53. The minimum Gasteiger partial charge on any atom is -0.385 e. The Morgan fingerprint density at radius 3 is 3.00 bits per heavy atom. The highest BCUT2D eigenvalue weighted by molar-refractivity contribution is 9.10. The maximum absolute atomic E-state index is 11.9.